The molecule has 1 aliphatic carbocycles. The molecule has 0 fully saturated rings. The number of amides is 1. The minimum absolute atomic E-state index is 0.0522. The second kappa shape index (κ2) is 10.1. The maximum atomic E-state index is 12.2. The summed E-state index contributed by atoms with van der Waals surface area (Å²) in [6.07, 6.45) is 2.45. The highest BCUT2D eigenvalue weighted by Gasteiger charge is 2.29. The zero-order valence-electron chi connectivity index (χ0n) is 16.7. The van der Waals surface area contributed by atoms with Gasteiger partial charge in [-0.2, -0.15) is 0 Å². The Morgan fingerprint density at radius 2 is 1.66 bits per heavy atom. The number of hydrogen-bond acceptors (Lipinski definition) is 4. The van der Waals surface area contributed by atoms with Gasteiger partial charge in [0.1, 0.15) is 12.6 Å². The van der Waals surface area contributed by atoms with Crippen LogP contribution in [0, 0.1) is 0 Å². The highest BCUT2D eigenvalue weighted by molar-refractivity contribution is 5.81. The Morgan fingerprint density at radius 1 is 1.03 bits per heavy atom. The van der Waals surface area contributed by atoms with Crippen LogP contribution in [0.15, 0.2) is 48.5 Å². The Bertz CT molecular complexity index is 807. The van der Waals surface area contributed by atoms with E-state index in [1.54, 1.807) is 0 Å². The summed E-state index contributed by atoms with van der Waals surface area (Å²) < 4.78 is 5.42. The summed E-state index contributed by atoms with van der Waals surface area (Å²) in [4.78, 5) is 23.7. The molecule has 2 aromatic rings. The van der Waals surface area contributed by atoms with Crippen molar-refractivity contribution in [3.05, 3.63) is 59.7 Å². The number of ether oxygens (including phenoxy) is 1. The minimum Gasteiger partial charge on any atom is -0.480 e. The summed E-state index contributed by atoms with van der Waals surface area (Å²) in [6, 6.07) is 15.1. The van der Waals surface area contributed by atoms with Crippen LogP contribution in [0.5, 0.6) is 0 Å². The summed E-state index contributed by atoms with van der Waals surface area (Å²) in [5.74, 6) is -1.13. The van der Waals surface area contributed by atoms with E-state index in [2.05, 4.69) is 29.7 Å². The number of aliphatic carboxylic acids is 1. The summed E-state index contributed by atoms with van der Waals surface area (Å²) in [6.45, 7) is 3.17. The molecule has 2 aromatic carbocycles. The Hall–Kier alpha value is -2.86. The molecule has 1 aliphatic rings. The van der Waals surface area contributed by atoms with Crippen LogP contribution in [0.1, 0.15) is 43.2 Å². The molecule has 154 valence electrons. The number of hydrogen-bond donors (Lipinski definition) is 3. The van der Waals surface area contributed by atoms with E-state index in [0.29, 0.717) is 0 Å². The van der Waals surface area contributed by atoms with Crippen molar-refractivity contribution in [3.63, 3.8) is 0 Å². The molecule has 0 spiro atoms. The molecule has 29 heavy (non-hydrogen) atoms. The highest BCUT2D eigenvalue weighted by Crippen LogP contribution is 2.44. The molecule has 0 saturated carbocycles. The Morgan fingerprint density at radius 3 is 2.24 bits per heavy atom. The van der Waals surface area contributed by atoms with Crippen molar-refractivity contribution in [2.75, 3.05) is 19.7 Å². The van der Waals surface area contributed by atoms with Gasteiger partial charge in [0, 0.05) is 12.5 Å². The Balaban J connectivity index is 1.56. The first-order valence-electron chi connectivity index (χ1n) is 10.2. The number of nitrogens with one attached hydrogen (secondary N) is 2. The Kier molecular flexibility index (Phi) is 7.25. The van der Waals surface area contributed by atoms with Gasteiger partial charge < -0.3 is 20.5 Å². The standard InChI is InChI=1S/C23H28N2O4/c1-2-3-8-13-24-14-21(22(26)27)25-23(28)29-15-20-18-11-6-4-9-16(18)17-10-5-7-12-19(17)20/h4-7,9-12,20-21,24H,2-3,8,13-15H2,1H3,(H,25,28)(H,26,27)/t21-/m0/s1. The smallest absolute Gasteiger partial charge is 0.407 e. The molecule has 0 radical (unpaired) electrons. The normalized spacial score (nSPS) is 13.4. The monoisotopic (exact) mass is 396 g/mol. The quantitative estimate of drug-likeness (QED) is 0.532. The number of benzene rings is 2. The van der Waals surface area contributed by atoms with Crippen molar-refractivity contribution in [2.24, 2.45) is 0 Å². The fourth-order valence-electron chi connectivity index (χ4n) is 3.73. The van der Waals surface area contributed by atoms with Crippen LogP contribution in [0.4, 0.5) is 4.79 Å². The lowest BCUT2D eigenvalue weighted by atomic mass is 9.98. The topological polar surface area (TPSA) is 87.7 Å². The number of fused-ring (bicyclic) bond motifs is 3. The first-order valence-corrected chi connectivity index (χ1v) is 10.2. The number of carboxylic acid groups (broad SMARTS) is 1. The molecule has 0 bridgehead atoms. The van der Waals surface area contributed by atoms with E-state index in [0.717, 1.165) is 48.1 Å². The van der Waals surface area contributed by atoms with Gasteiger partial charge in [0.2, 0.25) is 0 Å². The second-order valence-electron chi connectivity index (χ2n) is 7.27. The van der Waals surface area contributed by atoms with E-state index in [9.17, 15) is 14.7 Å². The van der Waals surface area contributed by atoms with Gasteiger partial charge >= 0.3 is 12.1 Å². The lowest BCUT2D eigenvalue weighted by molar-refractivity contribution is -0.139. The van der Waals surface area contributed by atoms with E-state index in [4.69, 9.17) is 4.74 Å². The molecular formula is C23H28N2O4. The number of unbranched alkanes of at least 4 members (excludes halogenated alkanes) is 2. The van der Waals surface area contributed by atoms with Crippen LogP contribution in [-0.2, 0) is 9.53 Å². The van der Waals surface area contributed by atoms with Gasteiger partial charge in [-0.1, -0.05) is 68.3 Å². The largest absolute Gasteiger partial charge is 0.480 e. The molecule has 0 heterocycles. The number of alkyl carbamates (subject to hydrolysis) is 1. The van der Waals surface area contributed by atoms with Gasteiger partial charge in [-0.15, -0.1) is 0 Å². The third-order valence-corrected chi connectivity index (χ3v) is 5.24. The fraction of sp³-hybridized carbons (Fsp3) is 0.391. The van der Waals surface area contributed by atoms with E-state index < -0.39 is 18.1 Å². The number of carboxylic acids is 1. The zero-order valence-corrected chi connectivity index (χ0v) is 16.7. The molecule has 6 nitrogen and oxygen atoms in total. The van der Waals surface area contributed by atoms with E-state index in [1.807, 2.05) is 36.4 Å². The van der Waals surface area contributed by atoms with Crippen molar-refractivity contribution in [1.82, 2.24) is 10.6 Å². The van der Waals surface area contributed by atoms with Gasteiger partial charge in [-0.05, 0) is 35.2 Å². The maximum absolute atomic E-state index is 12.2. The van der Waals surface area contributed by atoms with Gasteiger partial charge in [0.25, 0.3) is 0 Å². The van der Waals surface area contributed by atoms with Crippen molar-refractivity contribution in [2.45, 2.75) is 38.1 Å². The molecular weight excluding hydrogens is 368 g/mol. The average molecular weight is 396 g/mol. The highest BCUT2D eigenvalue weighted by atomic mass is 16.5. The Labute approximate surface area is 171 Å². The molecule has 3 N–H and O–H groups in total. The average Bonchev–Trinajstić information content (AvgIpc) is 3.05. The summed E-state index contributed by atoms with van der Waals surface area (Å²) >= 11 is 0. The van der Waals surface area contributed by atoms with Gasteiger partial charge in [-0.3, -0.25) is 0 Å². The molecule has 3 rings (SSSR count). The molecule has 0 saturated heterocycles. The number of carbonyl (C=O) groups is 2. The maximum Gasteiger partial charge on any atom is 0.407 e. The second-order valence-corrected chi connectivity index (χ2v) is 7.27. The van der Waals surface area contributed by atoms with Crippen LogP contribution in [0.25, 0.3) is 11.1 Å². The third kappa shape index (κ3) is 5.15. The molecule has 0 aromatic heterocycles. The lowest BCUT2D eigenvalue weighted by Gasteiger charge is -2.18. The van der Waals surface area contributed by atoms with Gasteiger partial charge in [-0.25, -0.2) is 9.59 Å². The first kappa shape index (κ1) is 20.9. The van der Waals surface area contributed by atoms with Gasteiger partial charge in [0.15, 0.2) is 0 Å². The van der Waals surface area contributed by atoms with Crippen molar-refractivity contribution < 1.29 is 19.4 Å². The number of carbonyl (C=O) groups excluding carboxylic acids is 1. The molecule has 1 atom stereocenters. The predicted octanol–water partition coefficient (Wildman–Crippen LogP) is 3.76. The summed E-state index contributed by atoms with van der Waals surface area (Å²) in [5, 5.41) is 14.9. The summed E-state index contributed by atoms with van der Waals surface area (Å²) in [5.41, 5.74) is 4.54. The first-order chi connectivity index (χ1) is 14.1. The van der Waals surface area contributed by atoms with E-state index in [1.165, 1.54) is 0 Å². The lowest BCUT2D eigenvalue weighted by Crippen LogP contribution is -2.47. The zero-order chi connectivity index (χ0) is 20.6. The fourth-order valence-corrected chi connectivity index (χ4v) is 3.73. The van der Waals surface area contributed by atoms with Crippen LogP contribution in [0.2, 0.25) is 0 Å². The summed E-state index contributed by atoms with van der Waals surface area (Å²) in [7, 11) is 0. The minimum atomic E-state index is -1.08. The predicted molar refractivity (Wildman–Crippen MR) is 112 cm³/mol. The number of rotatable bonds is 10. The van der Waals surface area contributed by atoms with Crippen molar-refractivity contribution in [3.8, 4) is 11.1 Å². The van der Waals surface area contributed by atoms with Crippen LogP contribution in [0.3, 0.4) is 0 Å². The molecule has 0 aliphatic heterocycles. The third-order valence-electron chi connectivity index (χ3n) is 5.24. The van der Waals surface area contributed by atoms with E-state index >= 15 is 0 Å². The van der Waals surface area contributed by atoms with Crippen molar-refractivity contribution >= 4 is 12.1 Å². The van der Waals surface area contributed by atoms with Gasteiger partial charge in [0.05, 0.1) is 0 Å². The van der Waals surface area contributed by atoms with Crippen molar-refractivity contribution in [1.29, 1.82) is 0 Å². The van der Waals surface area contributed by atoms with E-state index in [-0.39, 0.29) is 19.1 Å². The molecule has 6 heteroatoms. The van der Waals surface area contributed by atoms with Crippen LogP contribution >= 0.6 is 0 Å². The molecule has 1 amide bonds. The SMILES string of the molecule is CCCCCNC[C@H](NC(=O)OCC1c2ccccc2-c2ccccc21)C(=O)O. The van der Waals surface area contributed by atoms with Crippen LogP contribution < -0.4 is 10.6 Å². The molecule has 0 unspecified atom stereocenters. The van der Waals surface area contributed by atoms with Crippen LogP contribution in [-0.4, -0.2) is 42.9 Å².